The van der Waals surface area contributed by atoms with Crippen molar-refractivity contribution in [2.45, 2.75) is 12.8 Å². The molecule has 0 aliphatic carbocycles. The summed E-state index contributed by atoms with van der Waals surface area (Å²) in [6.07, 6.45) is 3.29. The van der Waals surface area contributed by atoms with Crippen LogP contribution >= 0.6 is 43.6 Å². The van der Waals surface area contributed by atoms with Gasteiger partial charge in [0.25, 0.3) is 11.1 Å². The minimum Gasteiger partial charge on any atom is -0.504 e. The Balaban J connectivity index is 1.86. The molecule has 2 aliphatic heterocycles. The second kappa shape index (κ2) is 8.24. The van der Waals surface area contributed by atoms with Crippen LogP contribution in [0.5, 0.6) is 11.5 Å². The highest BCUT2D eigenvalue weighted by Gasteiger charge is 2.37. The molecule has 0 saturated carbocycles. The average Bonchev–Trinajstić information content (AvgIpc) is 3.26. The van der Waals surface area contributed by atoms with E-state index in [2.05, 4.69) is 31.9 Å². The zero-order chi connectivity index (χ0) is 19.7. The molecule has 1 N–H and O–H groups in total. The highest BCUT2D eigenvalue weighted by Crippen LogP contribution is 2.43. The largest absolute Gasteiger partial charge is 0.504 e. The summed E-state index contributed by atoms with van der Waals surface area (Å²) >= 11 is 7.43. The lowest BCUT2D eigenvalue weighted by atomic mass is 10.1. The summed E-state index contributed by atoms with van der Waals surface area (Å²) in [4.78, 5) is 39.9. The van der Waals surface area contributed by atoms with Gasteiger partial charge in [-0.1, -0.05) is 0 Å². The van der Waals surface area contributed by atoms with E-state index < -0.39 is 11.1 Å². The van der Waals surface area contributed by atoms with E-state index in [1.807, 2.05) is 0 Å². The Kier molecular flexibility index (Phi) is 6.17. The van der Waals surface area contributed by atoms with Crippen LogP contribution in [0.2, 0.25) is 0 Å². The molecular formula is C17H16Br2N2O5S. The van der Waals surface area contributed by atoms with Gasteiger partial charge in [-0.15, -0.1) is 0 Å². The number of carbonyl (C=O) groups is 3. The predicted octanol–water partition coefficient (Wildman–Crippen LogP) is 3.58. The van der Waals surface area contributed by atoms with E-state index in [0.29, 0.717) is 27.6 Å². The SMILES string of the molecule is COc1cc(Br)c(Br)c(/C=C2\SC(=O)N(CC(=O)N3CCCC3)C2=O)c1O. The lowest BCUT2D eigenvalue weighted by molar-refractivity contribution is -0.135. The van der Waals surface area contributed by atoms with Crippen molar-refractivity contribution in [2.75, 3.05) is 26.7 Å². The molecule has 0 spiro atoms. The highest BCUT2D eigenvalue weighted by atomic mass is 79.9. The molecule has 3 rings (SSSR count). The van der Waals surface area contributed by atoms with Crippen LogP contribution in [0.1, 0.15) is 18.4 Å². The Labute approximate surface area is 177 Å². The Morgan fingerprint density at radius 3 is 2.63 bits per heavy atom. The second-order valence-electron chi connectivity index (χ2n) is 5.99. The van der Waals surface area contributed by atoms with E-state index in [4.69, 9.17) is 4.74 Å². The summed E-state index contributed by atoms with van der Waals surface area (Å²) in [6, 6.07) is 1.58. The van der Waals surface area contributed by atoms with Gasteiger partial charge < -0.3 is 14.7 Å². The Bertz CT molecular complexity index is 852. The van der Waals surface area contributed by atoms with Gasteiger partial charge in [-0.05, 0) is 68.6 Å². The molecule has 3 amide bonds. The first-order chi connectivity index (χ1) is 12.8. The summed E-state index contributed by atoms with van der Waals surface area (Å²) in [5.74, 6) is -0.723. The van der Waals surface area contributed by atoms with E-state index in [1.165, 1.54) is 13.2 Å². The fraction of sp³-hybridized carbons (Fsp3) is 0.353. The maximum atomic E-state index is 12.6. The van der Waals surface area contributed by atoms with E-state index in [-0.39, 0.29) is 28.9 Å². The number of thioether (sulfide) groups is 1. The topological polar surface area (TPSA) is 87.2 Å². The van der Waals surface area contributed by atoms with Crippen molar-refractivity contribution in [3.05, 3.63) is 25.5 Å². The first kappa shape index (κ1) is 20.2. The van der Waals surface area contributed by atoms with Crippen molar-refractivity contribution in [3.8, 4) is 11.5 Å². The van der Waals surface area contributed by atoms with E-state index >= 15 is 0 Å². The van der Waals surface area contributed by atoms with Gasteiger partial charge in [0.15, 0.2) is 11.5 Å². The molecule has 2 aliphatic rings. The Morgan fingerprint density at radius 2 is 2.00 bits per heavy atom. The third-order valence-corrected chi connectivity index (χ3v) is 7.23. The molecule has 0 atom stereocenters. The maximum absolute atomic E-state index is 12.6. The van der Waals surface area contributed by atoms with Crippen LogP contribution in [0.3, 0.4) is 0 Å². The number of phenolic OH excluding ortho intramolecular Hbond substituents is 1. The van der Waals surface area contributed by atoms with Crippen LogP contribution in [-0.2, 0) is 9.59 Å². The van der Waals surface area contributed by atoms with Crippen molar-refractivity contribution in [3.63, 3.8) is 0 Å². The van der Waals surface area contributed by atoms with Gasteiger partial charge in [0, 0.05) is 27.6 Å². The van der Waals surface area contributed by atoms with Gasteiger partial charge in [-0.25, -0.2) is 0 Å². The molecule has 1 aromatic carbocycles. The molecule has 0 radical (unpaired) electrons. The van der Waals surface area contributed by atoms with Gasteiger partial charge >= 0.3 is 0 Å². The number of hydrogen-bond donors (Lipinski definition) is 1. The molecule has 27 heavy (non-hydrogen) atoms. The minimum atomic E-state index is -0.553. The maximum Gasteiger partial charge on any atom is 0.294 e. The third kappa shape index (κ3) is 4.02. The average molecular weight is 520 g/mol. The number of nitrogens with zero attached hydrogens (tertiary/aromatic N) is 2. The smallest absolute Gasteiger partial charge is 0.294 e. The summed E-state index contributed by atoms with van der Waals surface area (Å²) in [6.45, 7) is 1.05. The number of benzene rings is 1. The molecule has 144 valence electrons. The Hall–Kier alpha value is -1.52. The van der Waals surface area contributed by atoms with E-state index in [0.717, 1.165) is 29.5 Å². The number of amides is 3. The standard InChI is InChI=1S/C17H16Br2N2O5S/c1-26-11-7-10(18)14(19)9(15(11)23)6-12-16(24)21(17(25)27-12)8-13(22)20-4-2-3-5-20/h6-7,23H,2-5,8H2,1H3/b12-6-. The number of phenols is 1. The molecule has 1 aromatic rings. The third-order valence-electron chi connectivity index (χ3n) is 4.31. The molecule has 0 unspecified atom stereocenters. The number of rotatable bonds is 4. The van der Waals surface area contributed by atoms with Gasteiger partial charge in [0.2, 0.25) is 5.91 Å². The minimum absolute atomic E-state index is 0.130. The molecule has 2 heterocycles. The molecule has 2 saturated heterocycles. The second-order valence-corrected chi connectivity index (χ2v) is 8.63. The summed E-state index contributed by atoms with van der Waals surface area (Å²) in [5, 5.41) is 9.86. The summed E-state index contributed by atoms with van der Waals surface area (Å²) < 4.78 is 6.25. The molecule has 0 bridgehead atoms. The highest BCUT2D eigenvalue weighted by molar-refractivity contribution is 9.13. The number of halogens is 2. The van der Waals surface area contributed by atoms with E-state index in [9.17, 15) is 19.5 Å². The Morgan fingerprint density at radius 1 is 1.33 bits per heavy atom. The number of aromatic hydroxyl groups is 1. The van der Waals surface area contributed by atoms with Crippen molar-refractivity contribution in [1.29, 1.82) is 0 Å². The van der Waals surface area contributed by atoms with Crippen molar-refractivity contribution in [1.82, 2.24) is 9.80 Å². The normalized spacial score (nSPS) is 18.7. The number of likely N-dealkylation sites (tertiary alicyclic amines) is 1. The van der Waals surface area contributed by atoms with Crippen LogP contribution in [-0.4, -0.2) is 58.7 Å². The predicted molar refractivity (Wildman–Crippen MR) is 109 cm³/mol. The van der Waals surface area contributed by atoms with Crippen molar-refractivity contribution in [2.24, 2.45) is 0 Å². The first-order valence-corrected chi connectivity index (χ1v) is 10.5. The van der Waals surface area contributed by atoms with Crippen LogP contribution in [0.15, 0.2) is 19.9 Å². The lowest BCUT2D eigenvalue weighted by Crippen LogP contribution is -2.40. The van der Waals surface area contributed by atoms with Crippen LogP contribution in [0.25, 0.3) is 6.08 Å². The molecule has 0 aromatic heterocycles. The van der Waals surface area contributed by atoms with Crippen molar-refractivity contribution < 1.29 is 24.2 Å². The quantitative estimate of drug-likeness (QED) is 0.612. The van der Waals surface area contributed by atoms with Crippen LogP contribution in [0, 0.1) is 0 Å². The number of carbonyl (C=O) groups excluding carboxylic acids is 3. The number of hydrogen-bond acceptors (Lipinski definition) is 6. The van der Waals surface area contributed by atoms with E-state index in [1.54, 1.807) is 11.0 Å². The number of ether oxygens (including phenoxy) is 1. The summed E-state index contributed by atoms with van der Waals surface area (Å²) in [7, 11) is 1.41. The monoisotopic (exact) mass is 518 g/mol. The van der Waals surface area contributed by atoms with Crippen LogP contribution < -0.4 is 4.74 Å². The fourth-order valence-electron chi connectivity index (χ4n) is 2.87. The molecule has 7 nitrogen and oxygen atoms in total. The first-order valence-electron chi connectivity index (χ1n) is 8.11. The van der Waals surface area contributed by atoms with Gasteiger partial charge in [-0.2, -0.15) is 0 Å². The fourth-order valence-corrected chi connectivity index (χ4v) is 4.53. The molecule has 2 fully saturated rings. The van der Waals surface area contributed by atoms with Crippen molar-refractivity contribution >= 4 is 66.8 Å². The van der Waals surface area contributed by atoms with Gasteiger partial charge in [0.05, 0.1) is 12.0 Å². The number of imide groups is 1. The van der Waals surface area contributed by atoms with Crippen LogP contribution in [0.4, 0.5) is 4.79 Å². The zero-order valence-electron chi connectivity index (χ0n) is 14.3. The molecule has 10 heteroatoms. The molecular weight excluding hydrogens is 504 g/mol. The van der Waals surface area contributed by atoms with Gasteiger partial charge in [-0.3, -0.25) is 19.3 Å². The zero-order valence-corrected chi connectivity index (χ0v) is 18.3. The lowest BCUT2D eigenvalue weighted by Gasteiger charge is -2.18. The van der Waals surface area contributed by atoms with Gasteiger partial charge in [0.1, 0.15) is 6.54 Å². The number of methoxy groups -OCH3 is 1. The summed E-state index contributed by atoms with van der Waals surface area (Å²) in [5.41, 5.74) is 0.303.